The molecule has 1 saturated heterocycles. The number of nitrogens with one attached hydrogen (secondary N) is 1. The summed E-state index contributed by atoms with van der Waals surface area (Å²) in [6.07, 6.45) is 0.0477. The molecule has 7 heteroatoms. The lowest BCUT2D eigenvalue weighted by atomic mass is 10.1. The average molecular weight is 404 g/mol. The van der Waals surface area contributed by atoms with Crippen molar-refractivity contribution in [3.05, 3.63) is 65.7 Å². The van der Waals surface area contributed by atoms with E-state index >= 15 is 0 Å². The Kier molecular flexibility index (Phi) is 7.57. The molecule has 3 atom stereocenters. The molecular weight excluding hydrogens is 378 g/mol. The lowest BCUT2D eigenvalue weighted by Gasteiger charge is -2.35. The molecule has 2 amide bonds. The number of anilines is 1. The minimum Gasteiger partial charge on any atom is -0.372 e. The molecule has 1 heterocycles. The molecule has 1 fully saturated rings. The van der Waals surface area contributed by atoms with Crippen molar-refractivity contribution in [3.63, 3.8) is 0 Å². The van der Waals surface area contributed by atoms with Gasteiger partial charge in [0.05, 0.1) is 12.2 Å². The number of nitrogens with two attached hydrogens (primary N) is 1. The van der Waals surface area contributed by atoms with Crippen LogP contribution in [0.1, 0.15) is 35.8 Å². The third kappa shape index (κ3) is 5.32. The maximum atomic E-state index is 12.7. The second kappa shape index (κ2) is 9.68. The summed E-state index contributed by atoms with van der Waals surface area (Å²) in [6, 6.07) is 15.3. The van der Waals surface area contributed by atoms with Crippen LogP contribution in [0.4, 0.5) is 5.69 Å². The van der Waals surface area contributed by atoms with Crippen LogP contribution in [0.15, 0.2) is 54.6 Å². The van der Waals surface area contributed by atoms with E-state index in [9.17, 15) is 9.59 Å². The van der Waals surface area contributed by atoms with Crippen molar-refractivity contribution in [2.75, 3.05) is 18.4 Å². The summed E-state index contributed by atoms with van der Waals surface area (Å²) in [5, 5.41) is 2.79. The lowest BCUT2D eigenvalue weighted by Crippen LogP contribution is -2.48. The van der Waals surface area contributed by atoms with E-state index in [1.54, 1.807) is 29.2 Å². The van der Waals surface area contributed by atoms with E-state index in [1.165, 1.54) is 0 Å². The van der Waals surface area contributed by atoms with Gasteiger partial charge in [-0.2, -0.15) is 0 Å². The number of morpholine rings is 1. The van der Waals surface area contributed by atoms with Crippen molar-refractivity contribution < 1.29 is 14.3 Å². The Morgan fingerprint density at radius 2 is 1.61 bits per heavy atom. The Hall–Kier alpha value is -2.41. The molecule has 3 rings (SSSR count). The molecule has 1 aliphatic rings. The highest BCUT2D eigenvalue weighted by Crippen LogP contribution is 2.18. The zero-order chi connectivity index (χ0) is 19.4. The molecule has 0 aliphatic carbocycles. The van der Waals surface area contributed by atoms with Crippen LogP contribution >= 0.6 is 12.4 Å². The third-order valence-electron chi connectivity index (χ3n) is 4.55. The highest BCUT2D eigenvalue weighted by atomic mass is 35.5. The van der Waals surface area contributed by atoms with Gasteiger partial charge in [-0.05, 0) is 43.7 Å². The van der Waals surface area contributed by atoms with Crippen LogP contribution in [0.3, 0.4) is 0 Å². The van der Waals surface area contributed by atoms with Crippen molar-refractivity contribution in [2.24, 2.45) is 5.73 Å². The topological polar surface area (TPSA) is 84.7 Å². The number of amides is 2. The molecule has 3 N–H and O–H groups in total. The molecule has 150 valence electrons. The van der Waals surface area contributed by atoms with E-state index in [0.29, 0.717) is 24.3 Å². The molecule has 0 radical (unpaired) electrons. The van der Waals surface area contributed by atoms with Crippen LogP contribution in [-0.4, -0.2) is 42.0 Å². The summed E-state index contributed by atoms with van der Waals surface area (Å²) < 4.78 is 5.67. The highest BCUT2D eigenvalue weighted by Gasteiger charge is 2.26. The summed E-state index contributed by atoms with van der Waals surface area (Å²) in [6.45, 7) is 5.08. The van der Waals surface area contributed by atoms with E-state index in [1.807, 2.05) is 44.2 Å². The van der Waals surface area contributed by atoms with E-state index in [0.717, 1.165) is 5.56 Å². The number of ether oxygens (including phenoxy) is 1. The average Bonchev–Trinajstić information content (AvgIpc) is 2.67. The Labute approximate surface area is 171 Å². The second-order valence-electron chi connectivity index (χ2n) is 6.92. The van der Waals surface area contributed by atoms with E-state index in [-0.39, 0.29) is 36.4 Å². The van der Waals surface area contributed by atoms with Crippen LogP contribution in [0, 0.1) is 0 Å². The van der Waals surface area contributed by atoms with Gasteiger partial charge in [0.25, 0.3) is 5.91 Å². The molecule has 0 spiro atoms. The van der Waals surface area contributed by atoms with Gasteiger partial charge >= 0.3 is 0 Å². The first-order valence-electron chi connectivity index (χ1n) is 9.10. The first-order valence-corrected chi connectivity index (χ1v) is 9.10. The fraction of sp³-hybridized carbons (Fsp3) is 0.333. The third-order valence-corrected chi connectivity index (χ3v) is 4.55. The molecule has 3 unspecified atom stereocenters. The molecule has 0 bridgehead atoms. The van der Waals surface area contributed by atoms with Crippen LogP contribution in [0.25, 0.3) is 0 Å². The van der Waals surface area contributed by atoms with Crippen LogP contribution in [0.2, 0.25) is 0 Å². The molecule has 2 aromatic rings. The predicted octanol–water partition coefficient (Wildman–Crippen LogP) is 3.00. The van der Waals surface area contributed by atoms with Crippen molar-refractivity contribution >= 4 is 29.9 Å². The first kappa shape index (κ1) is 21.9. The number of hydrogen-bond acceptors (Lipinski definition) is 4. The minimum absolute atomic E-state index is 0. The molecular formula is C21H26ClN3O3. The normalized spacial score (nSPS) is 20.0. The maximum Gasteiger partial charge on any atom is 0.254 e. The summed E-state index contributed by atoms with van der Waals surface area (Å²) in [5.41, 5.74) is 7.94. The van der Waals surface area contributed by atoms with Gasteiger partial charge in [-0.15, -0.1) is 12.4 Å². The second-order valence-corrected chi connectivity index (χ2v) is 6.92. The highest BCUT2D eigenvalue weighted by molar-refractivity contribution is 5.97. The number of hydrogen-bond donors (Lipinski definition) is 2. The largest absolute Gasteiger partial charge is 0.372 e. The smallest absolute Gasteiger partial charge is 0.254 e. The molecule has 0 aromatic heterocycles. The first-order chi connectivity index (χ1) is 12.9. The SMILES string of the molecule is CC1CN(C(=O)c2ccc(NC(=O)C(N)c3ccccc3)cc2)CC(C)O1.Cl. The van der Waals surface area contributed by atoms with Crippen LogP contribution in [-0.2, 0) is 9.53 Å². The standard InChI is InChI=1S/C21H25N3O3.ClH/c1-14-12-24(13-15(2)27-14)21(26)17-8-10-18(11-9-17)23-20(25)19(22)16-6-4-3-5-7-16;/h3-11,14-15,19H,12-13,22H2,1-2H3,(H,23,25);1H. The van der Waals surface area contributed by atoms with E-state index < -0.39 is 6.04 Å². The van der Waals surface area contributed by atoms with Gasteiger partial charge in [0.15, 0.2) is 0 Å². The van der Waals surface area contributed by atoms with E-state index in [2.05, 4.69) is 5.32 Å². The van der Waals surface area contributed by atoms with Gasteiger partial charge in [-0.1, -0.05) is 30.3 Å². The number of rotatable bonds is 4. The molecule has 1 aliphatic heterocycles. The Bertz CT molecular complexity index is 788. The maximum absolute atomic E-state index is 12.7. The Balaban J connectivity index is 0.00000280. The fourth-order valence-electron chi connectivity index (χ4n) is 3.25. The molecule has 6 nitrogen and oxygen atoms in total. The quantitative estimate of drug-likeness (QED) is 0.821. The number of nitrogens with zero attached hydrogens (tertiary/aromatic N) is 1. The zero-order valence-corrected chi connectivity index (χ0v) is 16.8. The molecule has 28 heavy (non-hydrogen) atoms. The lowest BCUT2D eigenvalue weighted by molar-refractivity contribution is -0.117. The van der Waals surface area contributed by atoms with Gasteiger partial charge in [0, 0.05) is 24.3 Å². The summed E-state index contributed by atoms with van der Waals surface area (Å²) in [7, 11) is 0. The van der Waals surface area contributed by atoms with Crippen LogP contribution in [0.5, 0.6) is 0 Å². The zero-order valence-electron chi connectivity index (χ0n) is 16.0. The predicted molar refractivity (Wildman–Crippen MR) is 112 cm³/mol. The summed E-state index contributed by atoms with van der Waals surface area (Å²) in [5.74, 6) is -0.327. The number of carbonyl (C=O) groups excluding carboxylic acids is 2. The van der Waals surface area contributed by atoms with Crippen molar-refractivity contribution in [1.82, 2.24) is 4.90 Å². The molecule has 0 saturated carbocycles. The van der Waals surface area contributed by atoms with Crippen molar-refractivity contribution in [2.45, 2.75) is 32.1 Å². The number of carbonyl (C=O) groups is 2. The number of halogens is 1. The molecule has 2 aromatic carbocycles. The summed E-state index contributed by atoms with van der Waals surface area (Å²) >= 11 is 0. The van der Waals surface area contributed by atoms with Gasteiger partial charge in [-0.25, -0.2) is 0 Å². The minimum atomic E-state index is -0.746. The van der Waals surface area contributed by atoms with Crippen LogP contribution < -0.4 is 11.1 Å². The van der Waals surface area contributed by atoms with Gasteiger partial charge < -0.3 is 20.7 Å². The Morgan fingerprint density at radius 3 is 2.18 bits per heavy atom. The Morgan fingerprint density at radius 1 is 1.04 bits per heavy atom. The summed E-state index contributed by atoms with van der Waals surface area (Å²) in [4.78, 5) is 26.8. The van der Waals surface area contributed by atoms with Gasteiger partial charge in [0.2, 0.25) is 5.91 Å². The van der Waals surface area contributed by atoms with E-state index in [4.69, 9.17) is 10.5 Å². The monoisotopic (exact) mass is 403 g/mol. The van der Waals surface area contributed by atoms with Gasteiger partial charge in [0.1, 0.15) is 6.04 Å². The van der Waals surface area contributed by atoms with Crippen molar-refractivity contribution in [3.8, 4) is 0 Å². The van der Waals surface area contributed by atoms with Crippen molar-refractivity contribution in [1.29, 1.82) is 0 Å². The van der Waals surface area contributed by atoms with Gasteiger partial charge in [-0.3, -0.25) is 9.59 Å². The number of benzene rings is 2. The fourth-order valence-corrected chi connectivity index (χ4v) is 3.25.